The van der Waals surface area contributed by atoms with Crippen molar-refractivity contribution < 1.29 is 14.6 Å². The molecule has 1 aliphatic heterocycles. The number of hydrogen-bond donors (Lipinski definition) is 2. The highest BCUT2D eigenvalue weighted by Crippen LogP contribution is 2.33. The molecule has 1 heterocycles. The zero-order valence-corrected chi connectivity index (χ0v) is 10.2. The normalized spacial score (nSPS) is 23.6. The van der Waals surface area contributed by atoms with Crippen LogP contribution in [0, 0.1) is 0 Å². The van der Waals surface area contributed by atoms with Gasteiger partial charge in [0.1, 0.15) is 11.8 Å². The van der Waals surface area contributed by atoms with Gasteiger partial charge in [-0.2, -0.15) is 0 Å². The van der Waals surface area contributed by atoms with E-state index in [1.54, 1.807) is 19.2 Å². The number of methoxy groups -OCH3 is 1. The van der Waals surface area contributed by atoms with Gasteiger partial charge < -0.3 is 15.2 Å². The third-order valence-corrected chi connectivity index (χ3v) is 3.39. The summed E-state index contributed by atoms with van der Waals surface area (Å²) in [5.74, 6) is -0.247. The zero-order valence-electron chi connectivity index (χ0n) is 9.44. The fourth-order valence-corrected chi connectivity index (χ4v) is 2.50. The number of ether oxygens (including phenoxy) is 1. The third-order valence-electron chi connectivity index (χ3n) is 3.09. The Morgan fingerprint density at radius 1 is 1.59 bits per heavy atom. The van der Waals surface area contributed by atoms with Gasteiger partial charge in [0, 0.05) is 5.92 Å². The van der Waals surface area contributed by atoms with Crippen molar-refractivity contribution >= 4 is 17.6 Å². The monoisotopic (exact) mass is 255 g/mol. The van der Waals surface area contributed by atoms with Gasteiger partial charge in [-0.25, -0.2) is 0 Å². The average molecular weight is 256 g/mol. The molecule has 1 aromatic rings. The highest BCUT2D eigenvalue weighted by molar-refractivity contribution is 6.32. The number of carboxylic acids is 1. The Kier molecular flexibility index (Phi) is 3.54. The summed E-state index contributed by atoms with van der Waals surface area (Å²) in [7, 11) is 1.55. The Balaban J connectivity index is 2.27. The third kappa shape index (κ3) is 2.37. The molecule has 2 atom stereocenters. The molecule has 2 rings (SSSR count). The molecular weight excluding hydrogens is 242 g/mol. The second-order valence-electron chi connectivity index (χ2n) is 4.06. The molecule has 0 aromatic heterocycles. The van der Waals surface area contributed by atoms with E-state index in [4.69, 9.17) is 21.4 Å². The molecule has 5 heteroatoms. The molecule has 1 aliphatic rings. The minimum atomic E-state index is -0.820. The summed E-state index contributed by atoms with van der Waals surface area (Å²) in [6, 6.07) is 4.90. The van der Waals surface area contributed by atoms with Gasteiger partial charge in [-0.1, -0.05) is 17.7 Å². The van der Waals surface area contributed by atoms with Gasteiger partial charge >= 0.3 is 5.97 Å². The molecule has 0 radical (unpaired) electrons. The number of benzene rings is 1. The van der Waals surface area contributed by atoms with Crippen LogP contribution in [0.15, 0.2) is 18.2 Å². The van der Waals surface area contributed by atoms with Crippen molar-refractivity contribution in [3.05, 3.63) is 28.8 Å². The predicted molar refractivity (Wildman–Crippen MR) is 64.8 cm³/mol. The molecule has 1 saturated heterocycles. The molecule has 0 aliphatic carbocycles. The van der Waals surface area contributed by atoms with Gasteiger partial charge in [-0.05, 0) is 30.7 Å². The predicted octanol–water partition coefficient (Wildman–Crippen LogP) is 1.88. The van der Waals surface area contributed by atoms with Gasteiger partial charge in [0.25, 0.3) is 0 Å². The molecule has 0 spiro atoms. The molecule has 1 fully saturated rings. The van der Waals surface area contributed by atoms with Crippen LogP contribution in [0.1, 0.15) is 17.9 Å². The molecule has 92 valence electrons. The van der Waals surface area contributed by atoms with E-state index < -0.39 is 12.0 Å². The van der Waals surface area contributed by atoms with Crippen molar-refractivity contribution in [3.8, 4) is 5.75 Å². The van der Waals surface area contributed by atoms with Gasteiger partial charge in [-0.15, -0.1) is 0 Å². The van der Waals surface area contributed by atoms with E-state index >= 15 is 0 Å². The van der Waals surface area contributed by atoms with Crippen molar-refractivity contribution in [2.75, 3.05) is 13.7 Å². The van der Waals surface area contributed by atoms with Gasteiger partial charge in [-0.3, -0.25) is 4.79 Å². The SMILES string of the molecule is COc1ccc(C2CCNC2C(=O)O)cc1Cl. The minimum absolute atomic E-state index is 0.0316. The van der Waals surface area contributed by atoms with Crippen LogP contribution in [-0.2, 0) is 4.79 Å². The van der Waals surface area contributed by atoms with Crippen LogP contribution in [0.3, 0.4) is 0 Å². The molecule has 1 aromatic carbocycles. The Morgan fingerprint density at radius 3 is 2.94 bits per heavy atom. The quantitative estimate of drug-likeness (QED) is 0.866. The van der Waals surface area contributed by atoms with Crippen molar-refractivity contribution in [3.63, 3.8) is 0 Å². The first-order valence-electron chi connectivity index (χ1n) is 5.43. The van der Waals surface area contributed by atoms with E-state index in [2.05, 4.69) is 5.32 Å². The number of halogens is 1. The smallest absolute Gasteiger partial charge is 0.321 e. The topological polar surface area (TPSA) is 58.6 Å². The molecule has 0 amide bonds. The number of carbonyl (C=O) groups is 1. The lowest BCUT2D eigenvalue weighted by molar-refractivity contribution is -0.139. The number of carboxylic acid groups (broad SMARTS) is 1. The average Bonchev–Trinajstić information content (AvgIpc) is 2.77. The van der Waals surface area contributed by atoms with Crippen molar-refractivity contribution in [1.29, 1.82) is 0 Å². The summed E-state index contributed by atoms with van der Waals surface area (Å²) >= 11 is 6.04. The lowest BCUT2D eigenvalue weighted by atomic mass is 9.92. The summed E-state index contributed by atoms with van der Waals surface area (Å²) in [6.45, 7) is 0.714. The first-order chi connectivity index (χ1) is 8.13. The van der Waals surface area contributed by atoms with Crippen LogP contribution in [0.25, 0.3) is 0 Å². The highest BCUT2D eigenvalue weighted by Gasteiger charge is 2.33. The number of aliphatic carboxylic acids is 1. The van der Waals surface area contributed by atoms with Crippen LogP contribution in [0.4, 0.5) is 0 Å². The van der Waals surface area contributed by atoms with Gasteiger partial charge in [0.15, 0.2) is 0 Å². The Morgan fingerprint density at radius 2 is 2.35 bits per heavy atom. The summed E-state index contributed by atoms with van der Waals surface area (Å²) < 4.78 is 5.07. The molecule has 2 N–H and O–H groups in total. The van der Waals surface area contributed by atoms with Gasteiger partial charge in [0.05, 0.1) is 12.1 Å². The minimum Gasteiger partial charge on any atom is -0.495 e. The summed E-state index contributed by atoms with van der Waals surface area (Å²) in [5, 5.41) is 12.6. The molecule has 0 bridgehead atoms. The van der Waals surface area contributed by atoms with E-state index in [-0.39, 0.29) is 5.92 Å². The molecular formula is C12H14ClNO3. The number of nitrogens with one attached hydrogen (secondary N) is 1. The highest BCUT2D eigenvalue weighted by atomic mass is 35.5. The van der Waals surface area contributed by atoms with Crippen molar-refractivity contribution in [2.45, 2.75) is 18.4 Å². The van der Waals surface area contributed by atoms with E-state index in [1.165, 1.54) is 0 Å². The Hall–Kier alpha value is -1.26. The Bertz CT molecular complexity index is 436. The largest absolute Gasteiger partial charge is 0.495 e. The van der Waals surface area contributed by atoms with E-state index in [0.29, 0.717) is 17.3 Å². The van der Waals surface area contributed by atoms with Crippen LogP contribution in [-0.4, -0.2) is 30.8 Å². The fraction of sp³-hybridized carbons (Fsp3) is 0.417. The summed E-state index contributed by atoms with van der Waals surface area (Å²) in [4.78, 5) is 11.1. The summed E-state index contributed by atoms with van der Waals surface area (Å²) in [6.07, 6.45) is 0.805. The second-order valence-corrected chi connectivity index (χ2v) is 4.47. The zero-order chi connectivity index (χ0) is 12.4. The lowest BCUT2D eigenvalue weighted by Gasteiger charge is -2.16. The fourth-order valence-electron chi connectivity index (χ4n) is 2.24. The van der Waals surface area contributed by atoms with Gasteiger partial charge in [0.2, 0.25) is 0 Å². The molecule has 17 heavy (non-hydrogen) atoms. The first-order valence-corrected chi connectivity index (χ1v) is 5.81. The van der Waals surface area contributed by atoms with Crippen LogP contribution < -0.4 is 10.1 Å². The maximum Gasteiger partial charge on any atom is 0.321 e. The molecule has 2 unspecified atom stereocenters. The van der Waals surface area contributed by atoms with Crippen LogP contribution in [0.2, 0.25) is 5.02 Å². The Labute approximate surface area is 105 Å². The van der Waals surface area contributed by atoms with Crippen LogP contribution in [0.5, 0.6) is 5.75 Å². The van der Waals surface area contributed by atoms with E-state index in [9.17, 15) is 4.79 Å². The second kappa shape index (κ2) is 4.94. The van der Waals surface area contributed by atoms with Crippen molar-refractivity contribution in [1.82, 2.24) is 5.32 Å². The van der Waals surface area contributed by atoms with E-state index in [1.807, 2.05) is 6.07 Å². The lowest BCUT2D eigenvalue weighted by Crippen LogP contribution is -2.34. The van der Waals surface area contributed by atoms with Crippen molar-refractivity contribution in [2.24, 2.45) is 0 Å². The molecule has 4 nitrogen and oxygen atoms in total. The molecule has 0 saturated carbocycles. The maximum absolute atomic E-state index is 11.1. The maximum atomic E-state index is 11.1. The summed E-state index contributed by atoms with van der Waals surface area (Å²) in [5.41, 5.74) is 0.938. The standard InChI is InChI=1S/C12H14ClNO3/c1-17-10-3-2-7(6-9(10)13)8-4-5-14-11(8)12(15)16/h2-3,6,8,11,14H,4-5H2,1H3,(H,15,16). The number of rotatable bonds is 3. The number of hydrogen-bond acceptors (Lipinski definition) is 3. The van der Waals surface area contributed by atoms with Crippen LogP contribution >= 0.6 is 11.6 Å². The van der Waals surface area contributed by atoms with E-state index in [0.717, 1.165) is 12.0 Å². The first kappa shape index (κ1) is 12.2.